The van der Waals surface area contributed by atoms with Crippen LogP contribution >= 0.6 is 0 Å². The third-order valence-electron chi connectivity index (χ3n) is 4.69. The Labute approximate surface area is 147 Å². The molecule has 0 aliphatic heterocycles. The first-order valence-corrected chi connectivity index (χ1v) is 8.49. The molecule has 2 aromatic rings. The van der Waals surface area contributed by atoms with Crippen molar-refractivity contribution in [2.45, 2.75) is 32.8 Å². The van der Waals surface area contributed by atoms with Crippen LogP contribution in [-0.2, 0) is 4.79 Å². The summed E-state index contributed by atoms with van der Waals surface area (Å²) in [4.78, 5) is 26.5. The van der Waals surface area contributed by atoms with Crippen molar-refractivity contribution in [2.75, 3.05) is 13.6 Å². The first-order valence-electron chi connectivity index (χ1n) is 8.49. The Kier molecular flexibility index (Phi) is 4.72. The lowest BCUT2D eigenvalue weighted by Gasteiger charge is -2.20. The molecule has 6 heteroatoms. The third-order valence-corrected chi connectivity index (χ3v) is 4.69. The van der Waals surface area contributed by atoms with Gasteiger partial charge in [0, 0.05) is 13.6 Å². The van der Waals surface area contributed by atoms with Crippen LogP contribution in [0.4, 0.5) is 0 Å². The molecule has 1 aromatic heterocycles. The summed E-state index contributed by atoms with van der Waals surface area (Å²) < 4.78 is 1.68. The van der Waals surface area contributed by atoms with Crippen LogP contribution in [-0.4, -0.2) is 51.2 Å². The van der Waals surface area contributed by atoms with Crippen molar-refractivity contribution in [2.24, 2.45) is 5.92 Å². The molecule has 1 aliphatic carbocycles. The number of likely N-dealkylation sites (N-methyl/N-ethyl adjacent to an activating group) is 1. The molecule has 25 heavy (non-hydrogen) atoms. The average Bonchev–Trinajstić information content (AvgIpc) is 3.40. The number of aromatic nitrogens is 2. The Balaban J connectivity index is 1.82. The third kappa shape index (κ3) is 3.49. The summed E-state index contributed by atoms with van der Waals surface area (Å²) >= 11 is 0. The van der Waals surface area contributed by atoms with Crippen molar-refractivity contribution in [3.05, 3.63) is 47.3 Å². The highest BCUT2D eigenvalue weighted by Gasteiger charge is 2.33. The molecule has 1 aliphatic rings. The van der Waals surface area contributed by atoms with Crippen molar-refractivity contribution in [3.63, 3.8) is 0 Å². The summed E-state index contributed by atoms with van der Waals surface area (Å²) in [6.45, 7) is 3.69. The first-order chi connectivity index (χ1) is 11.9. The Morgan fingerprint density at radius 3 is 2.52 bits per heavy atom. The predicted octanol–water partition coefficient (Wildman–Crippen LogP) is 1.90. The monoisotopic (exact) mass is 341 g/mol. The molecule has 1 amide bonds. The minimum absolute atomic E-state index is 0.181. The minimum atomic E-state index is -0.612. The van der Waals surface area contributed by atoms with Crippen LogP contribution in [0.15, 0.2) is 30.3 Å². The number of carbonyl (C=O) groups excluding carboxylic acids is 2. The van der Waals surface area contributed by atoms with Gasteiger partial charge < -0.3 is 10.0 Å². The number of rotatable bonds is 6. The van der Waals surface area contributed by atoms with Gasteiger partial charge in [0.05, 0.1) is 28.7 Å². The molecular weight excluding hydrogens is 318 g/mol. The lowest BCUT2D eigenvalue weighted by atomic mass is 10.1. The molecule has 132 valence electrons. The molecule has 1 saturated carbocycles. The second-order valence-corrected chi connectivity index (χ2v) is 6.71. The predicted molar refractivity (Wildman–Crippen MR) is 93.7 cm³/mol. The molecule has 1 heterocycles. The smallest absolute Gasteiger partial charge is 0.294 e. The lowest BCUT2D eigenvalue weighted by Crippen LogP contribution is -2.39. The number of aryl methyl sites for hydroxylation is 1. The van der Waals surface area contributed by atoms with Gasteiger partial charge in [0.25, 0.3) is 11.7 Å². The molecule has 1 N–H and O–H groups in total. The van der Waals surface area contributed by atoms with E-state index in [0.717, 1.165) is 18.5 Å². The molecule has 1 aromatic carbocycles. The highest BCUT2D eigenvalue weighted by Crippen LogP contribution is 2.32. The first kappa shape index (κ1) is 17.4. The van der Waals surface area contributed by atoms with E-state index in [4.69, 9.17) is 0 Å². The fourth-order valence-electron chi connectivity index (χ4n) is 3.07. The second-order valence-electron chi connectivity index (χ2n) is 6.71. The van der Waals surface area contributed by atoms with Crippen LogP contribution in [0.25, 0.3) is 5.69 Å². The van der Waals surface area contributed by atoms with E-state index < -0.39 is 17.8 Å². The van der Waals surface area contributed by atoms with E-state index in [-0.39, 0.29) is 12.5 Å². The summed E-state index contributed by atoms with van der Waals surface area (Å²) in [6, 6.07) is 9.49. The summed E-state index contributed by atoms with van der Waals surface area (Å²) in [5.74, 6) is -0.934. The van der Waals surface area contributed by atoms with Crippen molar-refractivity contribution in [3.8, 4) is 5.69 Å². The molecule has 0 bridgehead atoms. The maximum absolute atomic E-state index is 12.7. The van der Waals surface area contributed by atoms with Crippen molar-refractivity contribution < 1.29 is 14.7 Å². The van der Waals surface area contributed by atoms with Crippen LogP contribution in [0.3, 0.4) is 0 Å². The summed E-state index contributed by atoms with van der Waals surface area (Å²) in [5.41, 5.74) is 2.34. The van der Waals surface area contributed by atoms with Gasteiger partial charge in [-0.05, 0) is 44.7 Å². The number of hydrogen-bond acceptors (Lipinski definition) is 4. The zero-order valence-corrected chi connectivity index (χ0v) is 14.8. The van der Waals surface area contributed by atoms with Gasteiger partial charge in [-0.2, -0.15) is 5.10 Å². The van der Waals surface area contributed by atoms with Gasteiger partial charge >= 0.3 is 0 Å². The summed E-state index contributed by atoms with van der Waals surface area (Å²) in [5, 5.41) is 14.4. The van der Waals surface area contributed by atoms with Gasteiger partial charge in [0.2, 0.25) is 0 Å². The van der Waals surface area contributed by atoms with Gasteiger partial charge in [-0.3, -0.25) is 9.59 Å². The van der Waals surface area contributed by atoms with Gasteiger partial charge in [-0.15, -0.1) is 0 Å². The standard InChI is InChI=1S/C19H23N3O3/c1-12-17(13(2)22(20-12)15-7-5-4-6-8-15)18(24)19(25)21(3)11-16(23)14-9-10-14/h4-8,14,16,23H,9-11H2,1-3H3. The number of carbonyl (C=O) groups is 2. The van der Waals surface area contributed by atoms with Crippen LogP contribution in [0, 0.1) is 19.8 Å². The molecule has 1 atom stereocenters. The number of aliphatic hydroxyl groups excluding tert-OH is 1. The summed E-state index contributed by atoms with van der Waals surface area (Å²) in [6.07, 6.45) is 1.41. The van der Waals surface area contributed by atoms with Gasteiger partial charge in [0.15, 0.2) is 0 Å². The van der Waals surface area contributed by atoms with Crippen LogP contribution in [0.5, 0.6) is 0 Å². The summed E-state index contributed by atoms with van der Waals surface area (Å²) in [7, 11) is 1.55. The van der Waals surface area contributed by atoms with Gasteiger partial charge in [-0.25, -0.2) is 4.68 Å². The molecular formula is C19H23N3O3. The van der Waals surface area contributed by atoms with Crippen molar-refractivity contribution in [1.82, 2.24) is 14.7 Å². The maximum atomic E-state index is 12.7. The van der Waals surface area contributed by atoms with E-state index in [0.29, 0.717) is 17.0 Å². The maximum Gasteiger partial charge on any atom is 0.294 e. The Bertz CT molecular complexity index is 794. The Morgan fingerprint density at radius 1 is 1.28 bits per heavy atom. The normalized spacial score (nSPS) is 15.0. The van der Waals surface area contributed by atoms with Crippen LogP contribution < -0.4 is 0 Å². The van der Waals surface area contributed by atoms with Crippen LogP contribution in [0.2, 0.25) is 0 Å². The number of aliphatic hydroxyl groups is 1. The van der Waals surface area contributed by atoms with E-state index >= 15 is 0 Å². The van der Waals surface area contributed by atoms with E-state index in [1.54, 1.807) is 25.6 Å². The molecule has 6 nitrogen and oxygen atoms in total. The minimum Gasteiger partial charge on any atom is -0.391 e. The lowest BCUT2D eigenvalue weighted by molar-refractivity contribution is -0.126. The highest BCUT2D eigenvalue weighted by atomic mass is 16.3. The van der Waals surface area contributed by atoms with Crippen LogP contribution in [0.1, 0.15) is 34.6 Å². The number of nitrogens with zero attached hydrogens (tertiary/aromatic N) is 3. The van der Waals surface area contributed by atoms with E-state index in [9.17, 15) is 14.7 Å². The number of benzene rings is 1. The molecule has 0 saturated heterocycles. The topological polar surface area (TPSA) is 75.4 Å². The van der Waals surface area contributed by atoms with E-state index in [2.05, 4.69) is 5.10 Å². The zero-order valence-electron chi connectivity index (χ0n) is 14.8. The largest absolute Gasteiger partial charge is 0.391 e. The fraction of sp³-hybridized carbons (Fsp3) is 0.421. The SMILES string of the molecule is Cc1nn(-c2ccccc2)c(C)c1C(=O)C(=O)N(C)CC(O)C1CC1. The number of amides is 1. The highest BCUT2D eigenvalue weighted by molar-refractivity contribution is 6.43. The van der Waals surface area contributed by atoms with Gasteiger partial charge in [0.1, 0.15) is 0 Å². The molecule has 3 rings (SSSR count). The number of ketones is 1. The Morgan fingerprint density at radius 2 is 1.92 bits per heavy atom. The number of para-hydroxylation sites is 1. The zero-order chi connectivity index (χ0) is 18.1. The van der Waals surface area contributed by atoms with E-state index in [1.165, 1.54) is 4.90 Å². The quantitative estimate of drug-likeness (QED) is 0.643. The van der Waals surface area contributed by atoms with E-state index in [1.807, 2.05) is 30.3 Å². The second kappa shape index (κ2) is 6.80. The molecule has 0 radical (unpaired) electrons. The molecule has 0 spiro atoms. The number of Topliss-reactive ketones (excluding diaryl/α,β-unsaturated/α-hetero) is 1. The average molecular weight is 341 g/mol. The van der Waals surface area contributed by atoms with Crippen molar-refractivity contribution in [1.29, 1.82) is 0 Å². The molecule has 1 unspecified atom stereocenters. The molecule has 1 fully saturated rings. The number of hydrogen-bond donors (Lipinski definition) is 1. The fourth-order valence-corrected chi connectivity index (χ4v) is 3.07. The van der Waals surface area contributed by atoms with Crippen molar-refractivity contribution >= 4 is 11.7 Å². The van der Waals surface area contributed by atoms with Gasteiger partial charge in [-0.1, -0.05) is 18.2 Å². The Hall–Kier alpha value is -2.47.